The number of nitrogens with zero attached hydrogens (tertiary/aromatic N) is 2. The highest BCUT2D eigenvalue weighted by Gasteiger charge is 2.15. The normalized spacial score (nSPS) is 10.2. The van der Waals surface area contributed by atoms with E-state index in [1.54, 1.807) is 17.7 Å². The van der Waals surface area contributed by atoms with Gasteiger partial charge < -0.3 is 10.1 Å². The highest BCUT2D eigenvalue weighted by molar-refractivity contribution is 5.62. The van der Waals surface area contributed by atoms with Gasteiger partial charge in [0.25, 0.3) is 0 Å². The molecule has 4 heteroatoms. The SMILES string of the molecule is Cn1c(-c2ccccc2)ccc1[N+](=O)[O-]. The molecule has 0 spiro atoms. The second-order valence-electron chi connectivity index (χ2n) is 3.26. The Kier molecular flexibility index (Phi) is 2.25. The first-order valence-corrected chi connectivity index (χ1v) is 4.55. The molecule has 0 N–H and O–H groups in total. The zero-order chi connectivity index (χ0) is 10.8. The third kappa shape index (κ3) is 1.61. The van der Waals surface area contributed by atoms with Crippen LogP contribution in [0.2, 0.25) is 0 Å². The van der Waals surface area contributed by atoms with Crippen LogP contribution in [-0.4, -0.2) is 9.49 Å². The Balaban J connectivity index is 2.52. The molecule has 0 radical (unpaired) electrons. The van der Waals surface area contributed by atoms with E-state index in [1.165, 1.54) is 6.07 Å². The monoisotopic (exact) mass is 202 g/mol. The van der Waals surface area contributed by atoms with Crippen LogP contribution in [0.1, 0.15) is 0 Å². The lowest BCUT2D eigenvalue weighted by molar-refractivity contribution is -0.391. The minimum absolute atomic E-state index is 0.105. The summed E-state index contributed by atoms with van der Waals surface area (Å²) in [5.41, 5.74) is 1.83. The summed E-state index contributed by atoms with van der Waals surface area (Å²) < 4.78 is 1.58. The fraction of sp³-hybridized carbons (Fsp3) is 0.0909. The Bertz CT molecular complexity index is 489. The quantitative estimate of drug-likeness (QED) is 0.555. The topological polar surface area (TPSA) is 48.1 Å². The van der Waals surface area contributed by atoms with Gasteiger partial charge in [0.15, 0.2) is 0 Å². The Morgan fingerprint density at radius 2 is 1.80 bits per heavy atom. The maximum Gasteiger partial charge on any atom is 0.323 e. The van der Waals surface area contributed by atoms with Gasteiger partial charge in [-0.05, 0) is 11.0 Å². The maximum atomic E-state index is 10.7. The van der Waals surface area contributed by atoms with E-state index in [2.05, 4.69) is 0 Å². The predicted octanol–water partition coefficient (Wildman–Crippen LogP) is 2.60. The fourth-order valence-electron chi connectivity index (χ4n) is 1.58. The van der Waals surface area contributed by atoms with Gasteiger partial charge in [-0.25, -0.2) is 4.57 Å². The van der Waals surface area contributed by atoms with E-state index >= 15 is 0 Å². The van der Waals surface area contributed by atoms with Gasteiger partial charge in [-0.15, -0.1) is 0 Å². The van der Waals surface area contributed by atoms with Crippen molar-refractivity contribution in [2.45, 2.75) is 0 Å². The zero-order valence-corrected chi connectivity index (χ0v) is 8.25. The van der Waals surface area contributed by atoms with Crippen LogP contribution in [0.15, 0.2) is 42.5 Å². The number of hydrogen-bond acceptors (Lipinski definition) is 2. The van der Waals surface area contributed by atoms with E-state index in [1.807, 2.05) is 30.3 Å². The van der Waals surface area contributed by atoms with E-state index in [9.17, 15) is 10.1 Å². The third-order valence-electron chi connectivity index (χ3n) is 2.35. The molecule has 0 aliphatic carbocycles. The summed E-state index contributed by atoms with van der Waals surface area (Å²) in [4.78, 5) is 10.3. The molecule has 0 fully saturated rings. The van der Waals surface area contributed by atoms with Gasteiger partial charge in [-0.2, -0.15) is 0 Å². The number of nitro groups is 1. The molecule has 1 aromatic heterocycles. The first-order chi connectivity index (χ1) is 7.20. The lowest BCUT2D eigenvalue weighted by atomic mass is 10.2. The summed E-state index contributed by atoms with van der Waals surface area (Å²) in [7, 11) is 1.69. The largest absolute Gasteiger partial charge is 0.358 e. The Labute approximate surface area is 86.9 Å². The van der Waals surface area contributed by atoms with Crippen LogP contribution in [0.5, 0.6) is 0 Å². The van der Waals surface area contributed by atoms with Crippen LogP contribution in [0.3, 0.4) is 0 Å². The Morgan fingerprint density at radius 1 is 1.13 bits per heavy atom. The van der Waals surface area contributed by atoms with Crippen LogP contribution in [0, 0.1) is 10.1 Å². The second-order valence-corrected chi connectivity index (χ2v) is 3.26. The lowest BCUT2D eigenvalue weighted by Crippen LogP contribution is -1.98. The van der Waals surface area contributed by atoms with E-state index in [4.69, 9.17) is 0 Å². The number of aromatic nitrogens is 1. The highest BCUT2D eigenvalue weighted by Crippen LogP contribution is 2.24. The molecule has 0 aliphatic rings. The van der Waals surface area contributed by atoms with Gasteiger partial charge in [-0.3, -0.25) is 0 Å². The summed E-state index contributed by atoms with van der Waals surface area (Å²) >= 11 is 0. The molecule has 0 atom stereocenters. The standard InChI is InChI=1S/C11H10N2O2/c1-12-10(7-8-11(12)13(14)15)9-5-3-2-4-6-9/h2-8H,1H3. The number of rotatable bonds is 2. The van der Waals surface area contributed by atoms with Crippen LogP contribution in [0.4, 0.5) is 5.82 Å². The molecule has 15 heavy (non-hydrogen) atoms. The molecule has 0 saturated carbocycles. The zero-order valence-electron chi connectivity index (χ0n) is 8.25. The Morgan fingerprint density at radius 3 is 2.33 bits per heavy atom. The Hall–Kier alpha value is -2.10. The summed E-state index contributed by atoms with van der Waals surface area (Å²) in [6.45, 7) is 0. The summed E-state index contributed by atoms with van der Waals surface area (Å²) in [5.74, 6) is 0.105. The van der Waals surface area contributed by atoms with Crippen molar-refractivity contribution in [2.75, 3.05) is 0 Å². The highest BCUT2D eigenvalue weighted by atomic mass is 16.6. The van der Waals surface area contributed by atoms with Gasteiger partial charge in [0.1, 0.15) is 5.69 Å². The van der Waals surface area contributed by atoms with Gasteiger partial charge in [-0.1, -0.05) is 30.3 Å². The molecule has 76 valence electrons. The van der Waals surface area contributed by atoms with Crippen LogP contribution in [-0.2, 0) is 7.05 Å². The minimum atomic E-state index is -0.383. The van der Waals surface area contributed by atoms with Crippen molar-refractivity contribution < 1.29 is 4.92 Å². The van der Waals surface area contributed by atoms with Crippen LogP contribution < -0.4 is 0 Å². The second kappa shape index (κ2) is 3.57. The van der Waals surface area contributed by atoms with Gasteiger partial charge in [0.2, 0.25) is 0 Å². The van der Waals surface area contributed by atoms with Crippen molar-refractivity contribution in [3.63, 3.8) is 0 Å². The maximum absolute atomic E-state index is 10.7. The lowest BCUT2D eigenvalue weighted by Gasteiger charge is -1.99. The summed E-state index contributed by atoms with van der Waals surface area (Å²) in [5, 5.41) is 10.7. The van der Waals surface area contributed by atoms with E-state index in [0.29, 0.717) is 0 Å². The van der Waals surface area contributed by atoms with E-state index in [0.717, 1.165) is 11.3 Å². The first kappa shape index (κ1) is 9.45. The van der Waals surface area contributed by atoms with Crippen molar-refractivity contribution in [1.29, 1.82) is 0 Å². The molecular formula is C11H10N2O2. The van der Waals surface area contributed by atoms with Crippen molar-refractivity contribution in [1.82, 2.24) is 4.57 Å². The molecule has 0 amide bonds. The molecule has 4 nitrogen and oxygen atoms in total. The van der Waals surface area contributed by atoms with Gasteiger partial charge >= 0.3 is 5.82 Å². The molecule has 1 heterocycles. The summed E-state index contributed by atoms with van der Waals surface area (Å²) in [6.07, 6.45) is 0. The van der Waals surface area contributed by atoms with E-state index < -0.39 is 0 Å². The fourth-order valence-corrected chi connectivity index (χ4v) is 1.58. The number of hydrogen-bond donors (Lipinski definition) is 0. The minimum Gasteiger partial charge on any atom is -0.358 e. The smallest absolute Gasteiger partial charge is 0.323 e. The molecule has 0 unspecified atom stereocenters. The molecule has 2 aromatic rings. The van der Waals surface area contributed by atoms with Crippen molar-refractivity contribution in [3.05, 3.63) is 52.6 Å². The molecular weight excluding hydrogens is 192 g/mol. The van der Waals surface area contributed by atoms with Crippen molar-refractivity contribution in [2.24, 2.45) is 7.05 Å². The van der Waals surface area contributed by atoms with Gasteiger partial charge in [0, 0.05) is 11.6 Å². The predicted molar refractivity (Wildman–Crippen MR) is 57.5 cm³/mol. The van der Waals surface area contributed by atoms with E-state index in [-0.39, 0.29) is 10.7 Å². The molecule has 0 bridgehead atoms. The number of benzene rings is 1. The van der Waals surface area contributed by atoms with Crippen LogP contribution in [0.25, 0.3) is 11.3 Å². The average molecular weight is 202 g/mol. The average Bonchev–Trinajstić information content (AvgIpc) is 2.61. The van der Waals surface area contributed by atoms with Crippen molar-refractivity contribution in [3.8, 4) is 11.3 Å². The molecule has 1 aromatic carbocycles. The van der Waals surface area contributed by atoms with Gasteiger partial charge in [0.05, 0.1) is 7.05 Å². The first-order valence-electron chi connectivity index (χ1n) is 4.55. The molecule has 2 rings (SSSR count). The van der Waals surface area contributed by atoms with Crippen molar-refractivity contribution >= 4 is 5.82 Å². The third-order valence-corrected chi connectivity index (χ3v) is 2.35. The molecule has 0 aliphatic heterocycles. The summed E-state index contributed by atoms with van der Waals surface area (Å²) in [6, 6.07) is 12.9. The molecule has 0 saturated heterocycles. The van der Waals surface area contributed by atoms with Crippen LogP contribution >= 0.6 is 0 Å².